The monoisotopic (exact) mass is 400 g/mol. The molecular formula is C20H18F2N4O3. The molecule has 4 rings (SSSR count). The topological polar surface area (TPSA) is 101 Å². The molecule has 2 aromatic heterocycles. The van der Waals surface area contributed by atoms with Crippen molar-refractivity contribution in [2.45, 2.75) is 13.0 Å². The minimum atomic E-state index is -1.45. The molecule has 0 amide bonds. The number of nitrogens with zero attached hydrogens (tertiary/aromatic N) is 3. The number of rotatable bonds is 3. The third-order valence-corrected chi connectivity index (χ3v) is 5.22. The van der Waals surface area contributed by atoms with Gasteiger partial charge in [0.2, 0.25) is 5.43 Å². The summed E-state index contributed by atoms with van der Waals surface area (Å²) in [5.74, 6) is -2.48. The van der Waals surface area contributed by atoms with Crippen molar-refractivity contribution < 1.29 is 18.7 Å². The van der Waals surface area contributed by atoms with Crippen molar-refractivity contribution in [1.29, 1.82) is 0 Å². The van der Waals surface area contributed by atoms with E-state index >= 15 is 0 Å². The van der Waals surface area contributed by atoms with Gasteiger partial charge in [-0.2, -0.15) is 0 Å². The summed E-state index contributed by atoms with van der Waals surface area (Å²) in [6.45, 7) is 2.87. The molecule has 150 valence electrons. The van der Waals surface area contributed by atoms with Gasteiger partial charge in [0, 0.05) is 31.0 Å². The highest BCUT2D eigenvalue weighted by Crippen LogP contribution is 2.27. The number of carboxylic acids is 1. The van der Waals surface area contributed by atoms with Gasteiger partial charge >= 0.3 is 5.97 Å². The second-order valence-corrected chi connectivity index (χ2v) is 7.23. The van der Waals surface area contributed by atoms with E-state index in [-0.39, 0.29) is 28.8 Å². The van der Waals surface area contributed by atoms with Gasteiger partial charge in [-0.05, 0) is 36.2 Å². The first-order chi connectivity index (χ1) is 13.8. The highest BCUT2D eigenvalue weighted by atomic mass is 19.1. The van der Waals surface area contributed by atoms with Crippen LogP contribution in [0.5, 0.6) is 0 Å². The zero-order valence-electron chi connectivity index (χ0n) is 15.5. The van der Waals surface area contributed by atoms with Crippen molar-refractivity contribution in [1.82, 2.24) is 9.55 Å². The highest BCUT2D eigenvalue weighted by Gasteiger charge is 2.30. The Bertz CT molecular complexity index is 1170. The maximum Gasteiger partial charge on any atom is 0.341 e. The lowest BCUT2D eigenvalue weighted by atomic mass is 10.1. The number of aromatic carboxylic acids is 1. The van der Waals surface area contributed by atoms with Crippen LogP contribution < -0.4 is 16.1 Å². The SMILES string of the molecule is CC1CN(c2nc3c(cc2F)c(=O)c(C(=O)O)cn3-c2ccc(F)cc2)CC1N. The van der Waals surface area contributed by atoms with Crippen molar-refractivity contribution in [2.24, 2.45) is 11.7 Å². The molecule has 29 heavy (non-hydrogen) atoms. The predicted molar refractivity (Wildman–Crippen MR) is 104 cm³/mol. The van der Waals surface area contributed by atoms with Crippen molar-refractivity contribution in [2.75, 3.05) is 18.0 Å². The first-order valence-corrected chi connectivity index (χ1v) is 9.02. The van der Waals surface area contributed by atoms with Crippen molar-refractivity contribution in [3.05, 3.63) is 63.9 Å². The van der Waals surface area contributed by atoms with Gasteiger partial charge in [-0.25, -0.2) is 18.6 Å². The number of halogens is 2. The smallest absolute Gasteiger partial charge is 0.341 e. The molecule has 3 aromatic rings. The summed E-state index contributed by atoms with van der Waals surface area (Å²) in [5, 5.41) is 9.21. The van der Waals surface area contributed by atoms with Gasteiger partial charge in [0.05, 0.1) is 5.39 Å². The third kappa shape index (κ3) is 3.23. The average molecular weight is 400 g/mol. The molecule has 0 spiro atoms. The van der Waals surface area contributed by atoms with Crippen LogP contribution in [0.25, 0.3) is 16.7 Å². The summed E-state index contributed by atoms with van der Waals surface area (Å²) in [6.07, 6.45) is 1.12. The van der Waals surface area contributed by atoms with Crippen LogP contribution in [0.3, 0.4) is 0 Å². The molecule has 3 heterocycles. The van der Waals surface area contributed by atoms with Crippen LogP contribution in [0.1, 0.15) is 17.3 Å². The number of fused-ring (bicyclic) bond motifs is 1. The van der Waals surface area contributed by atoms with Crippen molar-refractivity contribution in [3.63, 3.8) is 0 Å². The molecular weight excluding hydrogens is 382 g/mol. The van der Waals surface area contributed by atoms with E-state index in [0.29, 0.717) is 18.8 Å². The number of hydrogen-bond acceptors (Lipinski definition) is 5. The maximum absolute atomic E-state index is 14.8. The molecule has 9 heteroatoms. The zero-order valence-corrected chi connectivity index (χ0v) is 15.5. The molecule has 2 unspecified atom stereocenters. The van der Waals surface area contributed by atoms with Gasteiger partial charge in [-0.3, -0.25) is 4.79 Å². The van der Waals surface area contributed by atoms with Gasteiger partial charge in [-0.1, -0.05) is 6.92 Å². The molecule has 0 radical (unpaired) electrons. The molecule has 0 aliphatic carbocycles. The Balaban J connectivity index is 2.00. The molecule has 0 bridgehead atoms. The van der Waals surface area contributed by atoms with Crippen LogP contribution in [-0.2, 0) is 0 Å². The van der Waals surface area contributed by atoms with Crippen LogP contribution >= 0.6 is 0 Å². The molecule has 1 aromatic carbocycles. The fraction of sp³-hybridized carbons (Fsp3) is 0.250. The van der Waals surface area contributed by atoms with Crippen molar-refractivity contribution in [3.8, 4) is 5.69 Å². The van der Waals surface area contributed by atoms with Crippen molar-refractivity contribution >= 4 is 22.8 Å². The molecule has 1 aliphatic rings. The normalized spacial score (nSPS) is 19.1. The summed E-state index contributed by atoms with van der Waals surface area (Å²) in [7, 11) is 0. The highest BCUT2D eigenvalue weighted by molar-refractivity contribution is 5.92. The van der Waals surface area contributed by atoms with E-state index in [0.717, 1.165) is 12.3 Å². The standard InChI is InChI=1S/C20H18F2N4O3/c1-10-7-25(9-16(10)23)19-15(22)6-13-17(27)14(20(28)29)8-26(18(13)24-19)12-4-2-11(21)3-5-12/h2-6,8,10,16H,7,9,23H2,1H3,(H,28,29). The molecule has 1 aliphatic heterocycles. The Labute approximate surface area is 164 Å². The summed E-state index contributed by atoms with van der Waals surface area (Å²) >= 11 is 0. The van der Waals surface area contributed by atoms with E-state index in [2.05, 4.69) is 4.98 Å². The molecule has 3 N–H and O–H groups in total. The van der Waals surface area contributed by atoms with E-state index in [1.165, 1.54) is 28.8 Å². The number of carboxylic acid groups (broad SMARTS) is 1. The van der Waals surface area contributed by atoms with E-state index < -0.39 is 28.6 Å². The molecule has 7 nitrogen and oxygen atoms in total. The summed E-state index contributed by atoms with van der Waals surface area (Å²) in [6, 6.07) is 6.10. The first-order valence-electron chi connectivity index (χ1n) is 9.02. The minimum absolute atomic E-state index is 0.0376. The van der Waals surface area contributed by atoms with E-state index in [1.54, 1.807) is 4.90 Å². The number of benzene rings is 1. The summed E-state index contributed by atoms with van der Waals surface area (Å²) < 4.78 is 29.5. The van der Waals surface area contributed by atoms with Gasteiger partial charge in [0.1, 0.15) is 11.4 Å². The second kappa shape index (κ2) is 6.93. The number of pyridine rings is 2. The molecule has 0 saturated carbocycles. The van der Waals surface area contributed by atoms with E-state index in [1.807, 2.05) is 6.92 Å². The largest absolute Gasteiger partial charge is 0.477 e. The van der Waals surface area contributed by atoms with E-state index in [4.69, 9.17) is 5.73 Å². The minimum Gasteiger partial charge on any atom is -0.477 e. The van der Waals surface area contributed by atoms with Crippen LogP contribution in [0, 0.1) is 17.6 Å². The number of aromatic nitrogens is 2. The summed E-state index contributed by atoms with van der Waals surface area (Å²) in [5.41, 5.74) is 5.13. The van der Waals surface area contributed by atoms with Gasteiger partial charge in [0.25, 0.3) is 0 Å². The Morgan fingerprint density at radius 1 is 1.24 bits per heavy atom. The predicted octanol–water partition coefficient (Wildman–Crippen LogP) is 2.15. The van der Waals surface area contributed by atoms with Crippen LogP contribution in [0.15, 0.2) is 41.3 Å². The fourth-order valence-corrected chi connectivity index (χ4v) is 3.55. The Hall–Kier alpha value is -3.33. The Kier molecular flexibility index (Phi) is 4.54. The van der Waals surface area contributed by atoms with Crippen LogP contribution in [0.2, 0.25) is 0 Å². The fourth-order valence-electron chi connectivity index (χ4n) is 3.55. The lowest BCUT2D eigenvalue weighted by Gasteiger charge is -2.20. The number of carbonyl (C=O) groups is 1. The van der Waals surface area contributed by atoms with E-state index in [9.17, 15) is 23.5 Å². The number of hydrogen-bond donors (Lipinski definition) is 2. The zero-order chi connectivity index (χ0) is 20.9. The molecule has 1 saturated heterocycles. The third-order valence-electron chi connectivity index (χ3n) is 5.22. The average Bonchev–Trinajstić information content (AvgIpc) is 3.01. The number of nitrogens with two attached hydrogens (primary N) is 1. The Morgan fingerprint density at radius 2 is 1.93 bits per heavy atom. The first kappa shape index (κ1) is 19.0. The van der Waals surface area contributed by atoms with Crippen LogP contribution in [-0.4, -0.2) is 39.8 Å². The summed E-state index contributed by atoms with van der Waals surface area (Å²) in [4.78, 5) is 30.2. The van der Waals surface area contributed by atoms with Crippen LogP contribution in [0.4, 0.5) is 14.6 Å². The second-order valence-electron chi connectivity index (χ2n) is 7.23. The quantitative estimate of drug-likeness (QED) is 0.699. The number of anilines is 1. The lowest BCUT2D eigenvalue weighted by molar-refractivity contribution is 0.0695. The molecule has 2 atom stereocenters. The molecule has 1 fully saturated rings. The maximum atomic E-state index is 14.8. The lowest BCUT2D eigenvalue weighted by Crippen LogP contribution is -2.29. The Morgan fingerprint density at radius 3 is 2.52 bits per heavy atom. The van der Waals surface area contributed by atoms with Gasteiger partial charge < -0.3 is 20.3 Å². The van der Waals surface area contributed by atoms with Gasteiger partial charge in [0.15, 0.2) is 17.3 Å². The van der Waals surface area contributed by atoms with Gasteiger partial charge in [-0.15, -0.1) is 0 Å².